The van der Waals surface area contributed by atoms with Crippen molar-refractivity contribution in [2.45, 2.75) is 32.7 Å². The predicted octanol–water partition coefficient (Wildman–Crippen LogP) is 2.89. The Morgan fingerprint density at radius 2 is 1.73 bits per heavy atom. The monoisotopic (exact) mass is 389 g/mol. The number of nitrogens with zero attached hydrogens (tertiary/aromatic N) is 2. The molecule has 0 fully saturated rings. The quantitative estimate of drug-likeness (QED) is 0.872. The Labute approximate surface area is 148 Å². The van der Waals surface area contributed by atoms with E-state index in [-0.39, 0.29) is 11.3 Å². The highest BCUT2D eigenvalue weighted by Crippen LogP contribution is 2.31. The van der Waals surface area contributed by atoms with Gasteiger partial charge in [-0.15, -0.1) is 0 Å². The summed E-state index contributed by atoms with van der Waals surface area (Å²) < 4.78 is 63.5. The van der Waals surface area contributed by atoms with E-state index < -0.39 is 21.1 Å². The van der Waals surface area contributed by atoms with Gasteiger partial charge in [-0.05, 0) is 49.1 Å². The molecule has 142 valence electrons. The van der Waals surface area contributed by atoms with E-state index in [2.05, 4.69) is 5.10 Å². The van der Waals surface area contributed by atoms with E-state index in [1.54, 1.807) is 17.7 Å². The minimum Gasteiger partial charge on any atom is -0.276 e. The first-order chi connectivity index (χ1) is 11.9. The molecule has 26 heavy (non-hydrogen) atoms. The number of halogens is 3. The number of aryl methyl sites for hydroxylation is 4. The Balaban J connectivity index is 2.67. The van der Waals surface area contributed by atoms with Gasteiger partial charge in [0.1, 0.15) is 0 Å². The Bertz CT molecular complexity index is 1010. The van der Waals surface area contributed by atoms with Crippen molar-refractivity contribution >= 4 is 15.7 Å². The molecule has 0 aliphatic carbocycles. The second kappa shape index (κ2) is 6.75. The van der Waals surface area contributed by atoms with Crippen LogP contribution >= 0.6 is 0 Å². The van der Waals surface area contributed by atoms with E-state index in [9.17, 15) is 26.4 Å². The van der Waals surface area contributed by atoms with Gasteiger partial charge < -0.3 is 0 Å². The van der Waals surface area contributed by atoms with Crippen LogP contribution < -0.4 is 10.3 Å². The molecule has 0 aliphatic heterocycles. The number of rotatable bonds is 4. The molecule has 0 aliphatic rings. The number of benzene rings is 1. The summed E-state index contributed by atoms with van der Waals surface area (Å²) >= 11 is 0. The van der Waals surface area contributed by atoms with Crippen molar-refractivity contribution < 1.29 is 21.6 Å². The molecule has 10 heteroatoms. The summed E-state index contributed by atoms with van der Waals surface area (Å²) in [5, 5.41) is 4.08. The zero-order valence-electron chi connectivity index (χ0n) is 14.6. The Kier molecular flexibility index (Phi) is 5.18. The molecular weight excluding hydrogens is 371 g/mol. The normalized spacial score (nSPS) is 12.3. The number of hydrogen-bond acceptors (Lipinski definition) is 4. The third-order valence-corrected chi connectivity index (χ3v) is 4.98. The number of nitrogens with one attached hydrogen (secondary N) is 1. The first-order valence-electron chi connectivity index (χ1n) is 7.65. The highest BCUT2D eigenvalue weighted by molar-refractivity contribution is 7.93. The molecule has 1 N–H and O–H groups in total. The molecule has 0 radical (unpaired) electrons. The second-order valence-corrected chi connectivity index (χ2v) is 7.54. The minimum absolute atomic E-state index is 0.236. The average Bonchev–Trinajstić information content (AvgIpc) is 2.51. The molecule has 1 heterocycles. The van der Waals surface area contributed by atoms with Crippen molar-refractivity contribution in [1.29, 1.82) is 0 Å². The standard InChI is InChI=1S/C16H18F3N3O3S/c1-5-11-7-13(15(23)22(4)20-11)12-8-14(10(3)6-9(12)2)21-26(24,25)16(17,18)19/h6-8,21H,5H2,1-4H3. The van der Waals surface area contributed by atoms with Crippen molar-refractivity contribution in [3.05, 3.63) is 45.4 Å². The van der Waals surface area contributed by atoms with Gasteiger partial charge in [-0.2, -0.15) is 26.7 Å². The maximum absolute atomic E-state index is 12.7. The summed E-state index contributed by atoms with van der Waals surface area (Å²) in [6.45, 7) is 5.02. The van der Waals surface area contributed by atoms with Crippen molar-refractivity contribution in [3.63, 3.8) is 0 Å². The van der Waals surface area contributed by atoms with E-state index in [1.807, 2.05) is 6.92 Å². The van der Waals surface area contributed by atoms with Crippen LogP contribution in [-0.2, 0) is 23.5 Å². The van der Waals surface area contributed by atoms with Gasteiger partial charge in [-0.3, -0.25) is 9.52 Å². The number of sulfonamides is 1. The van der Waals surface area contributed by atoms with Gasteiger partial charge in [0.2, 0.25) is 0 Å². The Morgan fingerprint density at radius 1 is 1.12 bits per heavy atom. The molecule has 0 amide bonds. The SMILES string of the molecule is CCc1cc(-c2cc(NS(=O)(=O)C(F)(F)F)c(C)cc2C)c(=O)n(C)n1. The van der Waals surface area contributed by atoms with Crippen LogP contribution in [0.2, 0.25) is 0 Å². The lowest BCUT2D eigenvalue weighted by Crippen LogP contribution is -2.30. The second-order valence-electron chi connectivity index (χ2n) is 5.86. The van der Waals surface area contributed by atoms with Crippen LogP contribution in [-0.4, -0.2) is 23.7 Å². The maximum atomic E-state index is 12.7. The van der Waals surface area contributed by atoms with E-state index >= 15 is 0 Å². The fourth-order valence-corrected chi connectivity index (χ4v) is 3.12. The van der Waals surface area contributed by atoms with Crippen LogP contribution in [0.25, 0.3) is 11.1 Å². The molecule has 0 bridgehead atoms. The Morgan fingerprint density at radius 3 is 2.27 bits per heavy atom. The maximum Gasteiger partial charge on any atom is 0.516 e. The largest absolute Gasteiger partial charge is 0.516 e. The van der Waals surface area contributed by atoms with Crippen molar-refractivity contribution in [1.82, 2.24) is 9.78 Å². The average molecular weight is 389 g/mol. The molecule has 1 aromatic heterocycles. The van der Waals surface area contributed by atoms with Crippen LogP contribution in [0, 0.1) is 13.8 Å². The molecule has 6 nitrogen and oxygen atoms in total. The summed E-state index contributed by atoms with van der Waals surface area (Å²) in [4.78, 5) is 12.4. The summed E-state index contributed by atoms with van der Waals surface area (Å²) in [6.07, 6.45) is 0.555. The molecule has 2 aromatic rings. The molecule has 0 atom stereocenters. The third-order valence-electron chi connectivity index (χ3n) is 3.89. The first-order valence-corrected chi connectivity index (χ1v) is 9.13. The molecule has 2 rings (SSSR count). The van der Waals surface area contributed by atoms with E-state index in [0.29, 0.717) is 28.8 Å². The van der Waals surface area contributed by atoms with Gasteiger partial charge in [0, 0.05) is 7.05 Å². The first kappa shape index (κ1) is 20.0. The molecule has 0 saturated heterocycles. The highest BCUT2D eigenvalue weighted by atomic mass is 32.2. The molecular formula is C16H18F3N3O3S. The fourth-order valence-electron chi connectivity index (χ4n) is 2.49. The van der Waals surface area contributed by atoms with E-state index in [0.717, 1.165) is 4.68 Å². The van der Waals surface area contributed by atoms with Gasteiger partial charge in [-0.25, -0.2) is 4.68 Å². The molecule has 1 aromatic carbocycles. The van der Waals surface area contributed by atoms with Crippen molar-refractivity contribution in [3.8, 4) is 11.1 Å². The fraction of sp³-hybridized carbons (Fsp3) is 0.375. The topological polar surface area (TPSA) is 81.1 Å². The summed E-state index contributed by atoms with van der Waals surface area (Å²) in [7, 11) is -4.09. The summed E-state index contributed by atoms with van der Waals surface area (Å²) in [5.74, 6) is 0. The van der Waals surface area contributed by atoms with Crippen molar-refractivity contribution in [2.24, 2.45) is 7.05 Å². The molecule has 0 unspecified atom stereocenters. The van der Waals surface area contributed by atoms with Gasteiger partial charge in [0.05, 0.1) is 16.9 Å². The zero-order chi connectivity index (χ0) is 19.9. The number of anilines is 1. The van der Waals surface area contributed by atoms with Gasteiger partial charge in [-0.1, -0.05) is 13.0 Å². The lowest BCUT2D eigenvalue weighted by atomic mass is 9.98. The van der Waals surface area contributed by atoms with Gasteiger partial charge >= 0.3 is 15.5 Å². The lowest BCUT2D eigenvalue weighted by Gasteiger charge is -2.16. The molecule has 0 saturated carbocycles. The van der Waals surface area contributed by atoms with E-state index in [1.165, 1.54) is 26.1 Å². The lowest BCUT2D eigenvalue weighted by molar-refractivity contribution is -0.0429. The summed E-state index contributed by atoms with van der Waals surface area (Å²) in [5.41, 5.74) is -3.97. The van der Waals surface area contributed by atoms with Crippen LogP contribution in [0.4, 0.5) is 18.9 Å². The third kappa shape index (κ3) is 3.74. The predicted molar refractivity (Wildman–Crippen MR) is 92.4 cm³/mol. The van der Waals surface area contributed by atoms with Gasteiger partial charge in [0.15, 0.2) is 0 Å². The number of hydrogen-bond donors (Lipinski definition) is 1. The van der Waals surface area contributed by atoms with Crippen LogP contribution in [0.5, 0.6) is 0 Å². The van der Waals surface area contributed by atoms with Crippen LogP contribution in [0.3, 0.4) is 0 Å². The molecule has 0 spiro atoms. The zero-order valence-corrected chi connectivity index (χ0v) is 15.4. The highest BCUT2D eigenvalue weighted by Gasteiger charge is 2.46. The Hall–Kier alpha value is -2.36. The van der Waals surface area contributed by atoms with Crippen LogP contribution in [0.15, 0.2) is 23.0 Å². The minimum atomic E-state index is -5.56. The van der Waals surface area contributed by atoms with Crippen molar-refractivity contribution in [2.75, 3.05) is 4.72 Å². The summed E-state index contributed by atoms with van der Waals surface area (Å²) in [6, 6.07) is 4.32. The van der Waals surface area contributed by atoms with Crippen LogP contribution in [0.1, 0.15) is 23.7 Å². The van der Waals surface area contributed by atoms with Gasteiger partial charge in [0.25, 0.3) is 5.56 Å². The number of alkyl halides is 3. The smallest absolute Gasteiger partial charge is 0.276 e. The van der Waals surface area contributed by atoms with E-state index in [4.69, 9.17) is 0 Å². The number of aromatic nitrogens is 2.